The zero-order chi connectivity index (χ0) is 13.9. The van der Waals surface area contributed by atoms with Gasteiger partial charge in [0.1, 0.15) is 0 Å². The number of rotatable bonds is 3. The van der Waals surface area contributed by atoms with Gasteiger partial charge in [0.15, 0.2) is 0 Å². The Morgan fingerprint density at radius 1 is 1.00 bits per heavy atom. The van der Waals surface area contributed by atoms with Gasteiger partial charge in [0.2, 0.25) is 0 Å². The van der Waals surface area contributed by atoms with Crippen molar-refractivity contribution in [1.29, 1.82) is 0 Å². The Bertz CT molecular complexity index is 789. The molecular weight excluding hydrogens is 252 g/mol. The highest BCUT2D eigenvalue weighted by molar-refractivity contribution is 5.86. The third-order valence-electron chi connectivity index (χ3n) is 3.09. The predicted octanol–water partition coefficient (Wildman–Crippen LogP) is 4.25. The summed E-state index contributed by atoms with van der Waals surface area (Å²) in [5.41, 5.74) is 3.03. The molecule has 0 saturated heterocycles. The van der Waals surface area contributed by atoms with E-state index in [2.05, 4.69) is 4.98 Å². The molecule has 0 aliphatic rings. The highest BCUT2D eigenvalue weighted by Gasteiger charge is 2.07. The Morgan fingerprint density at radius 3 is 2.55 bits per heavy atom. The third-order valence-corrected chi connectivity index (χ3v) is 3.09. The van der Waals surface area contributed by atoms with E-state index in [0.29, 0.717) is 0 Å². The lowest BCUT2D eigenvalue weighted by atomic mass is 10.2. The maximum absolute atomic E-state index is 10.7. The highest BCUT2D eigenvalue weighted by Crippen LogP contribution is 2.22. The fourth-order valence-corrected chi connectivity index (χ4v) is 2.10. The summed E-state index contributed by atoms with van der Waals surface area (Å²) >= 11 is 0. The van der Waals surface area contributed by atoms with Crippen molar-refractivity contribution in [2.45, 2.75) is 0 Å². The second-order valence-electron chi connectivity index (χ2n) is 4.50. The van der Waals surface area contributed by atoms with Crippen LogP contribution >= 0.6 is 0 Å². The summed E-state index contributed by atoms with van der Waals surface area (Å²) in [5.74, 6) is 0. The Labute approximate surface area is 115 Å². The van der Waals surface area contributed by atoms with Crippen molar-refractivity contribution in [1.82, 2.24) is 4.98 Å². The normalized spacial score (nSPS) is 11.2. The van der Waals surface area contributed by atoms with Crippen molar-refractivity contribution in [3.63, 3.8) is 0 Å². The number of hydrogen-bond acceptors (Lipinski definition) is 2. The van der Waals surface area contributed by atoms with Gasteiger partial charge in [0.05, 0.1) is 4.92 Å². The zero-order valence-electron chi connectivity index (χ0n) is 10.6. The van der Waals surface area contributed by atoms with Crippen LogP contribution in [0.15, 0.2) is 54.6 Å². The van der Waals surface area contributed by atoms with Gasteiger partial charge >= 0.3 is 0 Å². The molecule has 98 valence electrons. The Balaban J connectivity index is 1.93. The minimum Gasteiger partial charge on any atom is -0.355 e. The standard InChI is InChI=1S/C16H12N2O2/c19-18(20)15-8-9-16-13(11-15)10-14(17-16)7-6-12-4-2-1-3-5-12/h1-11,17H. The van der Waals surface area contributed by atoms with Gasteiger partial charge in [-0.15, -0.1) is 0 Å². The molecule has 0 spiro atoms. The topological polar surface area (TPSA) is 58.9 Å². The van der Waals surface area contributed by atoms with Crippen LogP contribution in [0.5, 0.6) is 0 Å². The summed E-state index contributed by atoms with van der Waals surface area (Å²) in [6.07, 6.45) is 3.96. The van der Waals surface area contributed by atoms with Crippen LogP contribution in [0.2, 0.25) is 0 Å². The van der Waals surface area contributed by atoms with E-state index in [-0.39, 0.29) is 10.6 Å². The maximum atomic E-state index is 10.7. The molecule has 4 nitrogen and oxygen atoms in total. The second-order valence-corrected chi connectivity index (χ2v) is 4.50. The number of fused-ring (bicyclic) bond motifs is 1. The summed E-state index contributed by atoms with van der Waals surface area (Å²) in [6.45, 7) is 0. The van der Waals surface area contributed by atoms with E-state index in [4.69, 9.17) is 0 Å². The fraction of sp³-hybridized carbons (Fsp3) is 0. The second kappa shape index (κ2) is 5.01. The van der Waals surface area contributed by atoms with Gasteiger partial charge in [0.25, 0.3) is 5.69 Å². The summed E-state index contributed by atoms with van der Waals surface area (Å²) < 4.78 is 0. The summed E-state index contributed by atoms with van der Waals surface area (Å²) in [5, 5.41) is 11.6. The fourth-order valence-electron chi connectivity index (χ4n) is 2.10. The van der Waals surface area contributed by atoms with Crippen molar-refractivity contribution >= 4 is 28.7 Å². The number of nitro benzene ring substituents is 1. The van der Waals surface area contributed by atoms with Gasteiger partial charge in [-0.05, 0) is 23.8 Å². The van der Waals surface area contributed by atoms with E-state index >= 15 is 0 Å². The first-order valence-electron chi connectivity index (χ1n) is 6.23. The van der Waals surface area contributed by atoms with E-state index in [9.17, 15) is 10.1 Å². The predicted molar refractivity (Wildman–Crippen MR) is 80.3 cm³/mol. The minimum absolute atomic E-state index is 0.107. The molecule has 0 bridgehead atoms. The van der Waals surface area contributed by atoms with Crippen molar-refractivity contribution in [2.75, 3.05) is 0 Å². The molecule has 0 radical (unpaired) electrons. The lowest BCUT2D eigenvalue weighted by molar-refractivity contribution is -0.384. The molecule has 0 fully saturated rings. The third kappa shape index (κ3) is 2.44. The number of aromatic amines is 1. The monoisotopic (exact) mass is 264 g/mol. The molecule has 20 heavy (non-hydrogen) atoms. The number of nitro groups is 1. The van der Waals surface area contributed by atoms with Crippen LogP contribution in [0.4, 0.5) is 5.69 Å². The molecule has 0 amide bonds. The van der Waals surface area contributed by atoms with Gasteiger partial charge in [-0.25, -0.2) is 0 Å². The quantitative estimate of drug-likeness (QED) is 0.568. The Morgan fingerprint density at radius 2 is 1.80 bits per heavy atom. The molecule has 4 heteroatoms. The van der Waals surface area contributed by atoms with Crippen LogP contribution in [0.25, 0.3) is 23.1 Å². The highest BCUT2D eigenvalue weighted by atomic mass is 16.6. The molecule has 0 unspecified atom stereocenters. The molecule has 0 atom stereocenters. The van der Waals surface area contributed by atoms with Gasteiger partial charge in [-0.3, -0.25) is 10.1 Å². The van der Waals surface area contributed by atoms with Gasteiger partial charge in [-0.2, -0.15) is 0 Å². The van der Waals surface area contributed by atoms with E-state index in [1.165, 1.54) is 6.07 Å². The van der Waals surface area contributed by atoms with Crippen LogP contribution in [-0.4, -0.2) is 9.91 Å². The summed E-state index contributed by atoms with van der Waals surface area (Å²) in [6, 6.07) is 16.7. The van der Waals surface area contributed by atoms with Crippen LogP contribution in [-0.2, 0) is 0 Å². The molecule has 1 N–H and O–H groups in total. The molecule has 3 aromatic rings. The number of hydrogen-bond donors (Lipinski definition) is 1. The number of nitrogens with zero attached hydrogens (tertiary/aromatic N) is 1. The maximum Gasteiger partial charge on any atom is 0.270 e. The molecular formula is C16H12N2O2. The van der Waals surface area contributed by atoms with Crippen LogP contribution < -0.4 is 0 Å². The van der Waals surface area contributed by atoms with E-state index in [1.54, 1.807) is 12.1 Å². The molecule has 3 rings (SSSR count). The summed E-state index contributed by atoms with van der Waals surface area (Å²) in [4.78, 5) is 13.6. The minimum atomic E-state index is -0.383. The lowest BCUT2D eigenvalue weighted by Gasteiger charge is -1.90. The molecule has 1 heterocycles. The van der Waals surface area contributed by atoms with Crippen molar-refractivity contribution in [3.8, 4) is 0 Å². The number of H-pyrrole nitrogens is 1. The number of benzene rings is 2. The smallest absolute Gasteiger partial charge is 0.270 e. The van der Waals surface area contributed by atoms with Crippen molar-refractivity contribution in [3.05, 3.63) is 76.0 Å². The van der Waals surface area contributed by atoms with Crippen LogP contribution in [0, 0.1) is 10.1 Å². The number of aromatic nitrogens is 1. The van der Waals surface area contributed by atoms with Crippen molar-refractivity contribution < 1.29 is 4.92 Å². The molecule has 0 aliphatic carbocycles. The summed E-state index contributed by atoms with van der Waals surface area (Å²) in [7, 11) is 0. The number of nitrogens with one attached hydrogen (secondary N) is 1. The average Bonchev–Trinajstić information content (AvgIpc) is 2.88. The van der Waals surface area contributed by atoms with E-state index < -0.39 is 0 Å². The molecule has 0 saturated carbocycles. The lowest BCUT2D eigenvalue weighted by Crippen LogP contribution is -1.86. The Hall–Kier alpha value is -2.88. The zero-order valence-corrected chi connectivity index (χ0v) is 10.6. The van der Waals surface area contributed by atoms with Gasteiger partial charge < -0.3 is 4.98 Å². The Kier molecular flexibility index (Phi) is 3.05. The van der Waals surface area contributed by atoms with Gasteiger partial charge in [-0.1, -0.05) is 36.4 Å². The van der Waals surface area contributed by atoms with E-state index in [0.717, 1.165) is 22.2 Å². The molecule has 2 aromatic carbocycles. The average molecular weight is 264 g/mol. The number of non-ortho nitro benzene ring substituents is 1. The first-order chi connectivity index (χ1) is 9.72. The molecule has 0 aliphatic heterocycles. The first-order valence-corrected chi connectivity index (χ1v) is 6.23. The van der Waals surface area contributed by atoms with Crippen LogP contribution in [0.1, 0.15) is 11.3 Å². The largest absolute Gasteiger partial charge is 0.355 e. The SMILES string of the molecule is O=[N+]([O-])c1ccc2[nH]c(C=Cc3ccccc3)cc2c1. The molecule has 1 aromatic heterocycles. The van der Waals surface area contributed by atoms with Gasteiger partial charge in [0, 0.05) is 28.7 Å². The van der Waals surface area contributed by atoms with Crippen LogP contribution in [0.3, 0.4) is 0 Å². The van der Waals surface area contributed by atoms with Crippen molar-refractivity contribution in [2.24, 2.45) is 0 Å². The first kappa shape index (κ1) is 12.2. The van der Waals surface area contributed by atoms with E-state index in [1.807, 2.05) is 48.6 Å².